The van der Waals surface area contributed by atoms with Crippen LogP contribution in [0.3, 0.4) is 0 Å². The van der Waals surface area contributed by atoms with E-state index in [1.807, 2.05) is 6.07 Å². The molecule has 0 aliphatic carbocycles. The van der Waals surface area contributed by atoms with E-state index in [4.69, 9.17) is 0 Å². The second kappa shape index (κ2) is 5.05. The number of rotatable bonds is 2. The van der Waals surface area contributed by atoms with Crippen molar-refractivity contribution in [2.75, 3.05) is 11.4 Å². The number of piperidine rings is 1. The number of anilines is 1. The summed E-state index contributed by atoms with van der Waals surface area (Å²) in [6, 6.07) is 5.44. The lowest BCUT2D eigenvalue weighted by Gasteiger charge is -2.39. The molecule has 0 radical (unpaired) electrons. The summed E-state index contributed by atoms with van der Waals surface area (Å²) in [6.45, 7) is 5.13. The molecular formula is C14H20FNO. The summed E-state index contributed by atoms with van der Waals surface area (Å²) < 4.78 is 13.6. The minimum Gasteiger partial charge on any atom is -0.391 e. The van der Waals surface area contributed by atoms with Gasteiger partial charge in [0.05, 0.1) is 6.61 Å². The summed E-state index contributed by atoms with van der Waals surface area (Å²) in [5.41, 5.74) is 1.28. The smallest absolute Gasteiger partial charge is 0.130 e. The van der Waals surface area contributed by atoms with E-state index < -0.39 is 0 Å². The molecule has 2 unspecified atom stereocenters. The lowest BCUT2D eigenvalue weighted by atomic mass is 9.92. The van der Waals surface area contributed by atoms with Gasteiger partial charge in [0, 0.05) is 23.8 Å². The zero-order valence-electron chi connectivity index (χ0n) is 10.5. The molecule has 1 aliphatic heterocycles. The van der Waals surface area contributed by atoms with Crippen molar-refractivity contribution < 1.29 is 9.50 Å². The van der Waals surface area contributed by atoms with Crippen molar-refractivity contribution in [1.29, 1.82) is 0 Å². The van der Waals surface area contributed by atoms with Gasteiger partial charge in [-0.2, -0.15) is 0 Å². The maximum Gasteiger partial charge on any atom is 0.130 e. The van der Waals surface area contributed by atoms with Gasteiger partial charge in [0.2, 0.25) is 0 Å². The van der Waals surface area contributed by atoms with Crippen LogP contribution in [0.1, 0.15) is 32.3 Å². The molecule has 0 aromatic heterocycles. The van der Waals surface area contributed by atoms with E-state index in [0.29, 0.717) is 11.6 Å². The molecule has 1 aromatic rings. The summed E-state index contributed by atoms with van der Waals surface area (Å²) in [5, 5.41) is 9.30. The normalized spacial score (nSPS) is 25.1. The lowest BCUT2D eigenvalue weighted by molar-refractivity contribution is 0.275. The second-order valence-electron chi connectivity index (χ2n) is 5.07. The molecule has 1 fully saturated rings. The van der Waals surface area contributed by atoms with Gasteiger partial charge in [-0.05, 0) is 37.8 Å². The summed E-state index contributed by atoms with van der Waals surface area (Å²) in [6.07, 6.45) is 2.26. The average Bonchev–Trinajstić information content (AvgIpc) is 2.29. The number of benzene rings is 1. The summed E-state index contributed by atoms with van der Waals surface area (Å²) in [7, 11) is 0. The molecule has 2 rings (SSSR count). The average molecular weight is 237 g/mol. The van der Waals surface area contributed by atoms with E-state index in [9.17, 15) is 9.50 Å². The van der Waals surface area contributed by atoms with E-state index in [1.54, 1.807) is 6.07 Å². The first-order valence-corrected chi connectivity index (χ1v) is 6.28. The highest BCUT2D eigenvalue weighted by Gasteiger charge is 2.25. The molecule has 1 N–H and O–H groups in total. The molecule has 17 heavy (non-hydrogen) atoms. The first-order valence-electron chi connectivity index (χ1n) is 6.28. The standard InChI is InChI=1S/C14H20FNO/c1-10-6-7-16(11(2)8-10)14-5-3-4-13(15)12(14)9-17/h3-5,10-11,17H,6-9H2,1-2H3. The molecule has 0 amide bonds. The molecular weight excluding hydrogens is 217 g/mol. The fourth-order valence-electron chi connectivity index (χ4n) is 2.74. The Balaban J connectivity index is 2.30. The highest BCUT2D eigenvalue weighted by Crippen LogP contribution is 2.31. The number of hydrogen-bond acceptors (Lipinski definition) is 2. The molecule has 94 valence electrons. The van der Waals surface area contributed by atoms with E-state index in [-0.39, 0.29) is 12.4 Å². The van der Waals surface area contributed by atoms with Gasteiger partial charge in [-0.1, -0.05) is 13.0 Å². The highest BCUT2D eigenvalue weighted by molar-refractivity contribution is 5.55. The van der Waals surface area contributed by atoms with E-state index in [1.165, 1.54) is 6.07 Å². The van der Waals surface area contributed by atoms with Crippen LogP contribution in [0.4, 0.5) is 10.1 Å². The van der Waals surface area contributed by atoms with Gasteiger partial charge in [0.15, 0.2) is 0 Å². The van der Waals surface area contributed by atoms with Crippen LogP contribution >= 0.6 is 0 Å². The second-order valence-corrected chi connectivity index (χ2v) is 5.07. The van der Waals surface area contributed by atoms with Gasteiger partial charge in [0.1, 0.15) is 5.82 Å². The first kappa shape index (κ1) is 12.4. The fraction of sp³-hybridized carbons (Fsp3) is 0.571. The van der Waals surface area contributed by atoms with Crippen LogP contribution in [0.25, 0.3) is 0 Å². The molecule has 1 aromatic carbocycles. The molecule has 1 saturated heterocycles. The number of halogens is 1. The Morgan fingerprint density at radius 1 is 1.41 bits per heavy atom. The van der Waals surface area contributed by atoms with Crippen molar-refractivity contribution in [3.8, 4) is 0 Å². The Morgan fingerprint density at radius 2 is 2.18 bits per heavy atom. The van der Waals surface area contributed by atoms with Crippen LogP contribution in [-0.2, 0) is 6.61 Å². The summed E-state index contributed by atoms with van der Waals surface area (Å²) in [4.78, 5) is 2.22. The van der Waals surface area contributed by atoms with Crippen molar-refractivity contribution in [2.45, 2.75) is 39.3 Å². The third kappa shape index (κ3) is 2.44. The molecule has 2 nitrogen and oxygen atoms in total. The number of nitrogens with zero attached hydrogens (tertiary/aromatic N) is 1. The van der Waals surface area contributed by atoms with Gasteiger partial charge >= 0.3 is 0 Å². The summed E-state index contributed by atoms with van der Waals surface area (Å²) in [5.74, 6) is 0.420. The Labute approximate surface area is 102 Å². The minimum absolute atomic E-state index is 0.235. The van der Waals surface area contributed by atoms with Gasteiger partial charge < -0.3 is 10.0 Å². The predicted octanol–water partition coefficient (Wildman–Crippen LogP) is 2.94. The van der Waals surface area contributed by atoms with Crippen molar-refractivity contribution >= 4 is 5.69 Å². The highest BCUT2D eigenvalue weighted by atomic mass is 19.1. The topological polar surface area (TPSA) is 23.5 Å². The molecule has 0 saturated carbocycles. The monoisotopic (exact) mass is 237 g/mol. The van der Waals surface area contributed by atoms with Gasteiger partial charge in [0.25, 0.3) is 0 Å². The molecule has 0 bridgehead atoms. The quantitative estimate of drug-likeness (QED) is 0.855. The molecule has 3 heteroatoms. The number of aliphatic hydroxyl groups excluding tert-OH is 1. The van der Waals surface area contributed by atoms with Crippen molar-refractivity contribution in [2.24, 2.45) is 5.92 Å². The van der Waals surface area contributed by atoms with Gasteiger partial charge in [-0.15, -0.1) is 0 Å². The van der Waals surface area contributed by atoms with Crippen LogP contribution in [0.5, 0.6) is 0 Å². The lowest BCUT2D eigenvalue weighted by Crippen LogP contribution is -2.40. The maximum atomic E-state index is 13.6. The van der Waals surface area contributed by atoms with E-state index in [0.717, 1.165) is 31.0 Å². The van der Waals surface area contributed by atoms with Crippen molar-refractivity contribution in [3.05, 3.63) is 29.6 Å². The molecule has 2 atom stereocenters. The van der Waals surface area contributed by atoms with E-state index in [2.05, 4.69) is 18.7 Å². The van der Waals surface area contributed by atoms with Crippen molar-refractivity contribution in [3.63, 3.8) is 0 Å². The Bertz CT molecular complexity index is 394. The third-order valence-electron chi connectivity index (χ3n) is 3.70. The van der Waals surface area contributed by atoms with E-state index >= 15 is 0 Å². The van der Waals surface area contributed by atoms with Gasteiger partial charge in [-0.3, -0.25) is 0 Å². The number of hydrogen-bond donors (Lipinski definition) is 1. The molecule has 0 spiro atoms. The number of aliphatic hydroxyl groups is 1. The Hall–Kier alpha value is -1.09. The maximum absolute atomic E-state index is 13.6. The van der Waals surface area contributed by atoms with Crippen LogP contribution in [0, 0.1) is 11.7 Å². The predicted molar refractivity (Wildman–Crippen MR) is 67.5 cm³/mol. The first-order chi connectivity index (χ1) is 8.13. The SMILES string of the molecule is CC1CCN(c2cccc(F)c2CO)C(C)C1. The fourth-order valence-corrected chi connectivity index (χ4v) is 2.74. The zero-order valence-corrected chi connectivity index (χ0v) is 10.5. The van der Waals surface area contributed by atoms with Crippen LogP contribution < -0.4 is 4.90 Å². The third-order valence-corrected chi connectivity index (χ3v) is 3.70. The Morgan fingerprint density at radius 3 is 2.82 bits per heavy atom. The molecule has 1 aliphatic rings. The zero-order chi connectivity index (χ0) is 12.4. The minimum atomic E-state index is -0.309. The summed E-state index contributed by atoms with van der Waals surface area (Å²) >= 11 is 0. The van der Waals surface area contributed by atoms with Crippen molar-refractivity contribution in [1.82, 2.24) is 0 Å². The Kier molecular flexibility index (Phi) is 3.67. The molecule has 1 heterocycles. The van der Waals surface area contributed by atoms with Crippen LogP contribution in [0.2, 0.25) is 0 Å². The van der Waals surface area contributed by atoms with Crippen LogP contribution in [-0.4, -0.2) is 17.7 Å². The van der Waals surface area contributed by atoms with Gasteiger partial charge in [-0.25, -0.2) is 4.39 Å². The largest absolute Gasteiger partial charge is 0.391 e. The van der Waals surface area contributed by atoms with Crippen LogP contribution in [0.15, 0.2) is 18.2 Å².